The smallest absolute Gasteiger partial charge is 0.261 e. The topological polar surface area (TPSA) is 58.6 Å². The van der Waals surface area contributed by atoms with E-state index in [1.54, 1.807) is 25.1 Å². The van der Waals surface area contributed by atoms with Crippen LogP contribution in [0.25, 0.3) is 0 Å². The van der Waals surface area contributed by atoms with Crippen LogP contribution >= 0.6 is 43.5 Å². The van der Waals surface area contributed by atoms with E-state index in [1.807, 2.05) is 31.2 Å². The van der Waals surface area contributed by atoms with Crippen molar-refractivity contribution in [2.45, 2.75) is 32.9 Å². The van der Waals surface area contributed by atoms with Gasteiger partial charge in [-0.3, -0.25) is 9.59 Å². The lowest BCUT2D eigenvalue weighted by Crippen LogP contribution is -2.49. The molecular formula is C21H23Br2ClN2O3. The van der Waals surface area contributed by atoms with Crippen LogP contribution in [0.1, 0.15) is 25.8 Å². The van der Waals surface area contributed by atoms with Gasteiger partial charge in [0.05, 0.1) is 4.47 Å². The fourth-order valence-corrected chi connectivity index (χ4v) is 3.87. The minimum absolute atomic E-state index is 0.192. The summed E-state index contributed by atoms with van der Waals surface area (Å²) in [4.78, 5) is 27.0. The lowest BCUT2D eigenvalue weighted by atomic mass is 10.1. The number of benzene rings is 2. The number of hydrogen-bond donors (Lipinski definition) is 1. The molecule has 0 aliphatic carbocycles. The normalized spacial score (nSPS) is 11.6. The number of nitrogens with zero attached hydrogens (tertiary/aromatic N) is 1. The molecule has 0 bridgehead atoms. The van der Waals surface area contributed by atoms with E-state index in [0.717, 1.165) is 16.5 Å². The van der Waals surface area contributed by atoms with Crippen LogP contribution in [0.4, 0.5) is 0 Å². The Labute approximate surface area is 193 Å². The summed E-state index contributed by atoms with van der Waals surface area (Å²) in [6.45, 7) is 4.37. The van der Waals surface area contributed by atoms with Crippen LogP contribution in [0.2, 0.25) is 5.02 Å². The number of carbonyl (C=O) groups excluding carboxylic acids is 2. The van der Waals surface area contributed by atoms with Crippen molar-refractivity contribution in [1.82, 2.24) is 10.2 Å². The lowest BCUT2D eigenvalue weighted by molar-refractivity contribution is -0.142. The molecule has 1 N–H and O–H groups in total. The molecule has 2 amide bonds. The molecule has 5 nitrogen and oxygen atoms in total. The predicted molar refractivity (Wildman–Crippen MR) is 122 cm³/mol. The fraction of sp³-hybridized carbons (Fsp3) is 0.333. The van der Waals surface area contributed by atoms with Crippen molar-refractivity contribution < 1.29 is 14.3 Å². The third-order valence-corrected chi connectivity index (χ3v) is 5.55. The summed E-state index contributed by atoms with van der Waals surface area (Å²) in [6, 6.07) is 12.1. The number of halogens is 3. The maximum atomic E-state index is 13.0. The summed E-state index contributed by atoms with van der Waals surface area (Å²) < 4.78 is 7.24. The van der Waals surface area contributed by atoms with Gasteiger partial charge in [0, 0.05) is 22.6 Å². The first-order valence-corrected chi connectivity index (χ1v) is 11.2. The highest BCUT2D eigenvalue weighted by molar-refractivity contribution is 9.10. The molecule has 0 fully saturated rings. The Morgan fingerprint density at radius 2 is 1.97 bits per heavy atom. The Morgan fingerprint density at radius 1 is 1.21 bits per heavy atom. The monoisotopic (exact) mass is 544 g/mol. The van der Waals surface area contributed by atoms with Crippen LogP contribution in [0.5, 0.6) is 5.75 Å². The minimum atomic E-state index is -0.634. The highest BCUT2D eigenvalue weighted by Gasteiger charge is 2.26. The van der Waals surface area contributed by atoms with Crippen molar-refractivity contribution in [3.05, 3.63) is 62.0 Å². The predicted octanol–water partition coefficient (Wildman–Crippen LogP) is 5.19. The van der Waals surface area contributed by atoms with Gasteiger partial charge in [0.1, 0.15) is 11.8 Å². The highest BCUT2D eigenvalue weighted by Crippen LogP contribution is 2.28. The number of ether oxygens (including phenoxy) is 1. The molecule has 0 aliphatic heterocycles. The zero-order valence-corrected chi connectivity index (χ0v) is 20.2. The van der Waals surface area contributed by atoms with Crippen molar-refractivity contribution in [3.63, 3.8) is 0 Å². The molecule has 0 heterocycles. The van der Waals surface area contributed by atoms with Gasteiger partial charge in [-0.2, -0.15) is 0 Å². The van der Waals surface area contributed by atoms with Crippen LogP contribution in [0.3, 0.4) is 0 Å². The molecule has 29 heavy (non-hydrogen) atoms. The summed E-state index contributed by atoms with van der Waals surface area (Å²) in [7, 11) is 0. The van der Waals surface area contributed by atoms with Crippen molar-refractivity contribution in [3.8, 4) is 5.75 Å². The zero-order valence-electron chi connectivity index (χ0n) is 16.3. The van der Waals surface area contributed by atoms with Gasteiger partial charge < -0.3 is 15.0 Å². The average Bonchev–Trinajstić information content (AvgIpc) is 2.69. The number of carbonyl (C=O) groups is 2. The van der Waals surface area contributed by atoms with Crippen molar-refractivity contribution >= 4 is 55.3 Å². The van der Waals surface area contributed by atoms with E-state index in [-0.39, 0.29) is 18.4 Å². The Hall–Kier alpha value is -1.57. The van der Waals surface area contributed by atoms with E-state index < -0.39 is 6.04 Å². The van der Waals surface area contributed by atoms with Crippen molar-refractivity contribution in [2.24, 2.45) is 0 Å². The fourth-order valence-electron chi connectivity index (χ4n) is 2.63. The summed E-state index contributed by atoms with van der Waals surface area (Å²) in [5.41, 5.74) is 0.913. The first kappa shape index (κ1) is 23.7. The van der Waals surface area contributed by atoms with Gasteiger partial charge >= 0.3 is 0 Å². The molecule has 2 aromatic rings. The number of nitrogens with one attached hydrogen (secondary N) is 1. The molecule has 2 rings (SSSR count). The molecule has 0 spiro atoms. The molecular weight excluding hydrogens is 524 g/mol. The van der Waals surface area contributed by atoms with Crippen molar-refractivity contribution in [1.29, 1.82) is 0 Å². The number of hydrogen-bond acceptors (Lipinski definition) is 3. The lowest BCUT2D eigenvalue weighted by Gasteiger charge is -2.29. The maximum absolute atomic E-state index is 13.0. The molecule has 0 aliphatic rings. The summed E-state index contributed by atoms with van der Waals surface area (Å²) >= 11 is 12.8. The van der Waals surface area contributed by atoms with E-state index in [0.29, 0.717) is 28.3 Å². The van der Waals surface area contributed by atoms with Gasteiger partial charge in [0.15, 0.2) is 6.61 Å². The molecule has 1 atom stereocenters. The van der Waals surface area contributed by atoms with Gasteiger partial charge in [0.2, 0.25) is 5.91 Å². The van der Waals surface area contributed by atoms with E-state index in [9.17, 15) is 9.59 Å². The summed E-state index contributed by atoms with van der Waals surface area (Å²) in [6.07, 6.45) is 0.825. The highest BCUT2D eigenvalue weighted by atomic mass is 79.9. The minimum Gasteiger partial charge on any atom is -0.483 e. The second-order valence-corrected chi connectivity index (χ2v) is 8.69. The van der Waals surface area contributed by atoms with E-state index in [2.05, 4.69) is 37.2 Å². The number of rotatable bonds is 9. The van der Waals surface area contributed by atoms with Crippen LogP contribution in [0.15, 0.2) is 51.4 Å². The second kappa shape index (κ2) is 11.6. The first-order chi connectivity index (χ1) is 13.8. The van der Waals surface area contributed by atoms with Gasteiger partial charge in [-0.1, -0.05) is 46.6 Å². The van der Waals surface area contributed by atoms with Crippen LogP contribution in [-0.4, -0.2) is 35.9 Å². The molecule has 0 saturated carbocycles. The Balaban J connectivity index is 2.15. The molecule has 2 aromatic carbocycles. The average molecular weight is 547 g/mol. The van der Waals surface area contributed by atoms with Gasteiger partial charge in [0.25, 0.3) is 5.91 Å². The van der Waals surface area contributed by atoms with Gasteiger partial charge in [-0.05, 0) is 65.2 Å². The van der Waals surface area contributed by atoms with Crippen molar-refractivity contribution in [2.75, 3.05) is 13.2 Å². The Bertz CT molecular complexity index is 864. The quantitative estimate of drug-likeness (QED) is 0.471. The van der Waals surface area contributed by atoms with Crippen LogP contribution < -0.4 is 10.1 Å². The molecule has 1 unspecified atom stereocenters. The summed E-state index contributed by atoms with van der Waals surface area (Å²) in [5, 5.41) is 3.41. The number of amides is 2. The molecule has 8 heteroatoms. The Morgan fingerprint density at radius 3 is 2.62 bits per heavy atom. The van der Waals surface area contributed by atoms with E-state index in [4.69, 9.17) is 16.3 Å². The summed E-state index contributed by atoms with van der Waals surface area (Å²) in [5.74, 6) is 0.0297. The Kier molecular flexibility index (Phi) is 9.46. The van der Waals surface area contributed by atoms with Crippen LogP contribution in [-0.2, 0) is 16.1 Å². The standard InChI is InChI=1S/C21H23Br2ClN2O3/c1-3-9-25-21(28)14(2)26(12-15-5-4-6-16(22)10-15)20(27)13-29-19-8-7-17(24)11-18(19)23/h4-8,10-11,14H,3,9,12-13H2,1-2H3,(H,25,28). The van der Waals surface area contributed by atoms with Gasteiger partial charge in [-0.25, -0.2) is 0 Å². The second-order valence-electron chi connectivity index (χ2n) is 6.48. The molecule has 0 aromatic heterocycles. The third kappa shape index (κ3) is 7.32. The first-order valence-electron chi connectivity index (χ1n) is 9.21. The maximum Gasteiger partial charge on any atom is 0.261 e. The molecule has 0 saturated heterocycles. The molecule has 0 radical (unpaired) electrons. The third-order valence-electron chi connectivity index (χ3n) is 4.20. The van der Waals surface area contributed by atoms with E-state index in [1.165, 1.54) is 4.90 Å². The zero-order chi connectivity index (χ0) is 21.4. The molecule has 156 valence electrons. The largest absolute Gasteiger partial charge is 0.483 e. The SMILES string of the molecule is CCCNC(=O)C(C)N(Cc1cccc(Br)c1)C(=O)COc1ccc(Cl)cc1Br. The van der Waals surface area contributed by atoms with Gasteiger partial charge in [-0.15, -0.1) is 0 Å². The van der Waals surface area contributed by atoms with E-state index >= 15 is 0 Å². The van der Waals surface area contributed by atoms with Crippen LogP contribution in [0, 0.1) is 0 Å².